The van der Waals surface area contributed by atoms with Gasteiger partial charge < -0.3 is 24.4 Å². The van der Waals surface area contributed by atoms with Crippen molar-refractivity contribution in [3.05, 3.63) is 79.4 Å². The van der Waals surface area contributed by atoms with Gasteiger partial charge in [-0.2, -0.15) is 0 Å². The predicted octanol–water partition coefficient (Wildman–Crippen LogP) is 4.98. The topological polar surface area (TPSA) is 101 Å². The van der Waals surface area contributed by atoms with Gasteiger partial charge >= 0.3 is 0 Å². The van der Waals surface area contributed by atoms with E-state index >= 15 is 0 Å². The first-order chi connectivity index (χ1) is 20.0. The molecule has 1 amide bonds. The number of carbonyl (C=O) groups is 1. The number of carbonyl (C=O) groups excluding carboxylic acids is 1. The summed E-state index contributed by atoms with van der Waals surface area (Å²) in [6.07, 6.45) is 5.76. The summed E-state index contributed by atoms with van der Waals surface area (Å²) in [5.74, 6) is 3.44. The number of rotatable bonds is 6. The summed E-state index contributed by atoms with van der Waals surface area (Å²) in [6, 6.07) is 16.0. The molecule has 3 aromatic heterocycles. The zero-order valence-corrected chi connectivity index (χ0v) is 23.0. The highest BCUT2D eigenvalue weighted by Crippen LogP contribution is 2.35. The number of aromatic nitrogens is 5. The fourth-order valence-electron chi connectivity index (χ4n) is 6.02. The summed E-state index contributed by atoms with van der Waals surface area (Å²) >= 11 is 0. The maximum absolute atomic E-state index is 12.3. The van der Waals surface area contributed by atoms with Crippen LogP contribution in [0.25, 0.3) is 22.1 Å². The number of hydrogen-bond acceptors (Lipinski definition) is 8. The van der Waals surface area contributed by atoms with Gasteiger partial charge in [0, 0.05) is 44.4 Å². The van der Waals surface area contributed by atoms with Gasteiger partial charge in [0.15, 0.2) is 5.82 Å². The van der Waals surface area contributed by atoms with Crippen LogP contribution in [0.4, 0.5) is 17.3 Å². The average molecular weight is 547 g/mol. The van der Waals surface area contributed by atoms with E-state index in [1.54, 1.807) is 12.7 Å². The third-order valence-corrected chi connectivity index (χ3v) is 8.16. The lowest BCUT2D eigenvalue weighted by Crippen LogP contribution is -2.38. The van der Waals surface area contributed by atoms with Crippen LogP contribution in [0.5, 0.6) is 11.5 Å². The van der Waals surface area contributed by atoms with E-state index in [-0.39, 0.29) is 11.9 Å². The minimum Gasteiger partial charge on any atom is -0.457 e. The molecule has 2 aliphatic heterocycles. The molecule has 2 atom stereocenters. The van der Waals surface area contributed by atoms with E-state index in [0.717, 1.165) is 71.2 Å². The van der Waals surface area contributed by atoms with E-state index < -0.39 is 0 Å². The third-order valence-electron chi connectivity index (χ3n) is 8.16. The first kappa shape index (κ1) is 25.0. The Morgan fingerprint density at radius 2 is 1.98 bits per heavy atom. The van der Waals surface area contributed by atoms with Gasteiger partial charge in [-0.3, -0.25) is 4.79 Å². The molecule has 41 heavy (non-hydrogen) atoms. The fraction of sp³-hybridized carbons (Fsp3) is 0.258. The monoisotopic (exact) mass is 546 g/mol. The zero-order valence-electron chi connectivity index (χ0n) is 23.0. The number of likely N-dealkylation sites (tertiary alicyclic amines) is 1. The van der Waals surface area contributed by atoms with Crippen LogP contribution >= 0.6 is 0 Å². The fourth-order valence-corrected chi connectivity index (χ4v) is 6.02. The molecule has 0 bridgehead atoms. The van der Waals surface area contributed by atoms with Crippen molar-refractivity contribution in [2.75, 3.05) is 29.9 Å². The summed E-state index contributed by atoms with van der Waals surface area (Å²) in [7, 11) is 1.97. The SMILES string of the molecule is C=CC(=O)N1CC[C@@H]2CN(c3ccc4ncnc(Nc5ccc(Oc6ccc7c(c6)ncn7C)c(C)c5)c4n3)C[C@@H]21. The Morgan fingerprint density at radius 1 is 1.07 bits per heavy atom. The smallest absolute Gasteiger partial charge is 0.246 e. The predicted molar refractivity (Wildman–Crippen MR) is 159 cm³/mol. The van der Waals surface area contributed by atoms with Gasteiger partial charge in [-0.1, -0.05) is 6.58 Å². The molecular formula is C31H30N8O2. The van der Waals surface area contributed by atoms with Crippen LogP contribution in [0.2, 0.25) is 0 Å². The van der Waals surface area contributed by atoms with Crippen LogP contribution in [0.1, 0.15) is 12.0 Å². The highest BCUT2D eigenvalue weighted by atomic mass is 16.5. The zero-order chi connectivity index (χ0) is 28.1. The second-order valence-electron chi connectivity index (χ2n) is 10.7. The molecular weight excluding hydrogens is 516 g/mol. The van der Waals surface area contributed by atoms with E-state index in [4.69, 9.17) is 9.72 Å². The highest BCUT2D eigenvalue weighted by Gasteiger charge is 2.43. The van der Waals surface area contributed by atoms with Crippen LogP contribution in [-0.2, 0) is 11.8 Å². The number of hydrogen-bond donors (Lipinski definition) is 1. The van der Waals surface area contributed by atoms with Gasteiger partial charge in [-0.05, 0) is 67.4 Å². The van der Waals surface area contributed by atoms with Gasteiger partial charge in [0.25, 0.3) is 0 Å². The number of fused-ring (bicyclic) bond motifs is 3. The van der Waals surface area contributed by atoms with Crippen LogP contribution in [-0.4, -0.2) is 61.0 Å². The Hall–Kier alpha value is -4.99. The Bertz CT molecular complexity index is 1820. The molecule has 0 saturated carbocycles. The van der Waals surface area contributed by atoms with Crippen molar-refractivity contribution in [3.8, 4) is 11.5 Å². The number of aryl methyl sites for hydroxylation is 2. The number of anilines is 3. The normalized spacial score (nSPS) is 18.2. The molecule has 2 aromatic carbocycles. The Labute approximate surface area is 237 Å². The molecule has 10 nitrogen and oxygen atoms in total. The minimum absolute atomic E-state index is 0.00619. The van der Waals surface area contributed by atoms with E-state index in [1.807, 2.05) is 72.0 Å². The molecule has 2 aliphatic rings. The molecule has 1 N–H and O–H groups in total. The maximum atomic E-state index is 12.3. The standard InChI is InChI=1S/C31H30N8O2/c1-4-29(40)39-12-11-20-15-38(16-26(20)39)28-10-7-23-30(36-28)31(33-17-32-23)35-21-5-9-27(19(2)13-21)41-22-6-8-25-24(14-22)34-18-37(25)3/h4-10,13-14,17-18,20,26H,1,11-12,15-16H2,2-3H3,(H,32,33,35)/t20-,26+/m1/s1. The Balaban J connectivity index is 1.11. The molecule has 0 radical (unpaired) electrons. The average Bonchev–Trinajstić information content (AvgIpc) is 3.69. The van der Waals surface area contributed by atoms with Gasteiger partial charge in [-0.25, -0.2) is 19.9 Å². The van der Waals surface area contributed by atoms with Gasteiger partial charge in [0.1, 0.15) is 29.2 Å². The van der Waals surface area contributed by atoms with Crippen molar-refractivity contribution in [1.82, 2.24) is 29.4 Å². The molecule has 0 spiro atoms. The van der Waals surface area contributed by atoms with Crippen molar-refractivity contribution >= 4 is 45.3 Å². The molecule has 0 unspecified atom stereocenters. The summed E-state index contributed by atoms with van der Waals surface area (Å²) in [4.78, 5) is 34.9. The lowest BCUT2D eigenvalue weighted by molar-refractivity contribution is -0.126. The molecule has 5 aromatic rings. The largest absolute Gasteiger partial charge is 0.457 e. The number of ether oxygens (including phenoxy) is 1. The van der Waals surface area contributed by atoms with Crippen LogP contribution in [0.15, 0.2) is 73.8 Å². The lowest BCUT2D eigenvalue weighted by Gasteiger charge is -2.24. The van der Waals surface area contributed by atoms with E-state index in [9.17, 15) is 4.79 Å². The van der Waals surface area contributed by atoms with Crippen molar-refractivity contribution in [1.29, 1.82) is 0 Å². The van der Waals surface area contributed by atoms with Crippen molar-refractivity contribution < 1.29 is 9.53 Å². The number of imidazole rings is 1. The Kier molecular flexibility index (Phi) is 6.03. The number of nitrogens with zero attached hydrogens (tertiary/aromatic N) is 7. The first-order valence-electron chi connectivity index (χ1n) is 13.7. The van der Waals surface area contributed by atoms with E-state index in [2.05, 4.69) is 31.7 Å². The number of pyridine rings is 1. The number of amides is 1. The summed E-state index contributed by atoms with van der Waals surface area (Å²) in [5.41, 5.74) is 5.25. The minimum atomic E-state index is 0.00619. The number of nitrogens with one attached hydrogen (secondary N) is 1. The van der Waals surface area contributed by atoms with Gasteiger partial charge in [-0.15, -0.1) is 0 Å². The van der Waals surface area contributed by atoms with Crippen LogP contribution in [0.3, 0.4) is 0 Å². The number of benzene rings is 2. The first-order valence-corrected chi connectivity index (χ1v) is 13.7. The van der Waals surface area contributed by atoms with Crippen molar-refractivity contribution in [3.63, 3.8) is 0 Å². The highest BCUT2D eigenvalue weighted by molar-refractivity contribution is 5.89. The van der Waals surface area contributed by atoms with Gasteiger partial charge in [0.05, 0.1) is 28.9 Å². The molecule has 7 rings (SSSR count). The summed E-state index contributed by atoms with van der Waals surface area (Å²) in [5, 5.41) is 3.43. The van der Waals surface area contributed by atoms with Crippen molar-refractivity contribution in [2.24, 2.45) is 13.0 Å². The molecule has 0 aliphatic carbocycles. The molecule has 5 heterocycles. The van der Waals surface area contributed by atoms with Crippen LogP contribution < -0.4 is 15.0 Å². The second kappa shape index (κ2) is 9.88. The maximum Gasteiger partial charge on any atom is 0.246 e. The molecule has 206 valence electrons. The second-order valence-corrected chi connectivity index (χ2v) is 10.7. The van der Waals surface area contributed by atoms with E-state index in [1.165, 1.54) is 6.08 Å². The lowest BCUT2D eigenvalue weighted by atomic mass is 10.1. The Morgan fingerprint density at radius 3 is 2.83 bits per heavy atom. The molecule has 10 heteroatoms. The molecule has 2 fully saturated rings. The molecule has 2 saturated heterocycles. The van der Waals surface area contributed by atoms with Crippen molar-refractivity contribution in [2.45, 2.75) is 19.4 Å². The van der Waals surface area contributed by atoms with Crippen LogP contribution in [0, 0.1) is 12.8 Å². The summed E-state index contributed by atoms with van der Waals surface area (Å²) in [6.45, 7) is 8.10. The third kappa shape index (κ3) is 4.51. The van der Waals surface area contributed by atoms with Gasteiger partial charge in [0.2, 0.25) is 5.91 Å². The quantitative estimate of drug-likeness (QED) is 0.298. The van der Waals surface area contributed by atoms with E-state index in [0.29, 0.717) is 17.3 Å². The summed E-state index contributed by atoms with van der Waals surface area (Å²) < 4.78 is 8.17.